The topological polar surface area (TPSA) is 17.1 Å². The van der Waals surface area contributed by atoms with Crippen LogP contribution >= 0.6 is 0 Å². The number of hydrogen-bond acceptors (Lipinski definition) is 1. The highest BCUT2D eigenvalue weighted by atomic mass is 16.1. The van der Waals surface area contributed by atoms with E-state index < -0.39 is 0 Å². The molecule has 0 heterocycles. The van der Waals surface area contributed by atoms with Crippen LogP contribution in [0.25, 0.3) is 6.08 Å². The Hall–Kier alpha value is -1.89. The lowest BCUT2D eigenvalue weighted by Gasteiger charge is -2.26. The van der Waals surface area contributed by atoms with Crippen LogP contribution in [-0.2, 0) is 4.79 Å². The lowest BCUT2D eigenvalue weighted by molar-refractivity contribution is -0.113. The Balaban J connectivity index is 2.46. The van der Waals surface area contributed by atoms with Crippen LogP contribution in [0.5, 0.6) is 0 Å². The van der Waals surface area contributed by atoms with Crippen molar-refractivity contribution in [3.63, 3.8) is 0 Å². The van der Waals surface area contributed by atoms with Crippen LogP contribution in [-0.4, -0.2) is 5.78 Å². The molecule has 0 radical (unpaired) electrons. The summed E-state index contributed by atoms with van der Waals surface area (Å²) in [5.74, 6) is 0.693. The number of Topliss-reactive ketones (excluding diaryl/α,β-unsaturated/α-hetero) is 1. The molecule has 0 atom stereocenters. The van der Waals surface area contributed by atoms with Crippen LogP contribution in [0.4, 0.5) is 0 Å². The van der Waals surface area contributed by atoms with Crippen LogP contribution in [0.2, 0.25) is 0 Å². The van der Waals surface area contributed by atoms with E-state index in [2.05, 4.69) is 65.0 Å². The molecule has 0 saturated carbocycles. The van der Waals surface area contributed by atoms with Crippen LogP contribution in [0, 0.1) is 11.3 Å². The predicted octanol–water partition coefficient (Wildman–Crippen LogP) is 5.60. The van der Waals surface area contributed by atoms with Gasteiger partial charge in [0.1, 0.15) is 0 Å². The zero-order chi connectivity index (χ0) is 16.3. The maximum absolute atomic E-state index is 12.7. The third-order valence-electron chi connectivity index (χ3n) is 3.76. The van der Waals surface area contributed by atoms with Crippen molar-refractivity contribution in [1.82, 2.24) is 0 Å². The first-order valence-corrected chi connectivity index (χ1v) is 8.01. The van der Waals surface area contributed by atoms with E-state index in [4.69, 9.17) is 0 Å². The minimum absolute atomic E-state index is 0.136. The first-order chi connectivity index (χ1) is 10.3. The van der Waals surface area contributed by atoms with Gasteiger partial charge in [0.05, 0.1) is 0 Å². The smallest absolute Gasteiger partial charge is 0.185 e. The van der Waals surface area contributed by atoms with Gasteiger partial charge in [0.2, 0.25) is 0 Å². The van der Waals surface area contributed by atoms with Crippen LogP contribution < -0.4 is 0 Å². The Morgan fingerprint density at radius 1 is 1.05 bits per heavy atom. The van der Waals surface area contributed by atoms with Crippen molar-refractivity contribution in [1.29, 1.82) is 0 Å². The van der Waals surface area contributed by atoms with Gasteiger partial charge in [-0.2, -0.15) is 0 Å². The van der Waals surface area contributed by atoms with Crippen molar-refractivity contribution in [3.05, 3.63) is 64.8 Å². The van der Waals surface area contributed by atoms with Gasteiger partial charge in [-0.25, -0.2) is 0 Å². The molecule has 1 aliphatic rings. The second-order valence-electron chi connectivity index (χ2n) is 7.46. The van der Waals surface area contributed by atoms with Crippen molar-refractivity contribution in [3.8, 4) is 0 Å². The summed E-state index contributed by atoms with van der Waals surface area (Å²) in [6.45, 7) is 10.6. The summed E-state index contributed by atoms with van der Waals surface area (Å²) in [4.78, 5) is 12.7. The second-order valence-corrected chi connectivity index (χ2v) is 7.46. The highest BCUT2D eigenvalue weighted by molar-refractivity contribution is 6.11. The van der Waals surface area contributed by atoms with Gasteiger partial charge in [-0.3, -0.25) is 4.79 Å². The molecule has 0 aliphatic heterocycles. The van der Waals surface area contributed by atoms with Crippen LogP contribution in [0.1, 0.15) is 46.6 Å². The minimum atomic E-state index is -0.136. The lowest BCUT2D eigenvalue weighted by atomic mass is 9.76. The van der Waals surface area contributed by atoms with Crippen molar-refractivity contribution >= 4 is 11.9 Å². The quantitative estimate of drug-likeness (QED) is 0.709. The van der Waals surface area contributed by atoms with Crippen molar-refractivity contribution in [2.75, 3.05) is 0 Å². The van der Waals surface area contributed by atoms with Gasteiger partial charge in [-0.15, -0.1) is 0 Å². The van der Waals surface area contributed by atoms with E-state index in [9.17, 15) is 4.79 Å². The fraction of sp³-hybridized carbons (Fsp3) is 0.381. The Morgan fingerprint density at radius 3 is 2.23 bits per heavy atom. The number of hydrogen-bond donors (Lipinski definition) is 0. The van der Waals surface area contributed by atoms with Gasteiger partial charge in [0.15, 0.2) is 5.78 Å². The van der Waals surface area contributed by atoms with E-state index in [0.717, 1.165) is 28.7 Å². The Labute approximate surface area is 134 Å². The lowest BCUT2D eigenvalue weighted by Crippen LogP contribution is -2.22. The van der Waals surface area contributed by atoms with E-state index in [-0.39, 0.29) is 11.2 Å². The van der Waals surface area contributed by atoms with Gasteiger partial charge in [-0.05, 0) is 47.1 Å². The maximum Gasteiger partial charge on any atom is 0.185 e. The van der Waals surface area contributed by atoms with Crippen LogP contribution in [0.3, 0.4) is 0 Å². The summed E-state index contributed by atoms with van der Waals surface area (Å²) in [5, 5.41) is 0. The third-order valence-corrected chi connectivity index (χ3v) is 3.76. The largest absolute Gasteiger partial charge is 0.289 e. The van der Waals surface area contributed by atoms with Gasteiger partial charge < -0.3 is 0 Å². The molecule has 0 bridgehead atoms. The summed E-state index contributed by atoms with van der Waals surface area (Å²) in [5.41, 5.74) is 3.99. The molecular weight excluding hydrogens is 268 g/mol. The number of carbonyl (C=O) groups excluding carboxylic acids is 1. The van der Waals surface area contributed by atoms with E-state index >= 15 is 0 Å². The number of allylic oxidation sites excluding steroid dienone is 5. The molecule has 1 nitrogen and oxygen atoms in total. The molecule has 0 fully saturated rings. The minimum Gasteiger partial charge on any atom is -0.289 e. The first-order valence-electron chi connectivity index (χ1n) is 8.01. The van der Waals surface area contributed by atoms with Gasteiger partial charge in [0, 0.05) is 11.1 Å². The van der Waals surface area contributed by atoms with E-state index in [0.29, 0.717) is 5.92 Å². The second kappa shape index (κ2) is 6.48. The monoisotopic (exact) mass is 294 g/mol. The summed E-state index contributed by atoms with van der Waals surface area (Å²) in [6, 6.07) is 10.3. The average molecular weight is 294 g/mol. The third kappa shape index (κ3) is 4.07. The van der Waals surface area contributed by atoms with Gasteiger partial charge in [-0.1, -0.05) is 65.0 Å². The van der Waals surface area contributed by atoms with E-state index in [1.165, 1.54) is 0 Å². The molecule has 0 unspecified atom stereocenters. The molecule has 1 aromatic carbocycles. The molecule has 1 aromatic rings. The van der Waals surface area contributed by atoms with Crippen molar-refractivity contribution < 1.29 is 4.79 Å². The zero-order valence-electron chi connectivity index (χ0n) is 14.3. The summed E-state index contributed by atoms with van der Waals surface area (Å²) in [7, 11) is 0. The highest BCUT2D eigenvalue weighted by Gasteiger charge is 2.29. The molecule has 0 aromatic heterocycles. The normalized spacial score (nSPS) is 17.7. The molecule has 0 amide bonds. The average Bonchev–Trinajstić information content (AvgIpc) is 2.41. The standard InChI is InChI=1S/C21H26O/c1-15(2)11-18-13-17(12-16-9-7-6-8-10-16)14-19(20(18)22)21(3,4)5/h6-10,12-15H,11H2,1-5H3. The fourth-order valence-electron chi connectivity index (χ4n) is 2.69. The predicted molar refractivity (Wildman–Crippen MR) is 94.5 cm³/mol. The van der Waals surface area contributed by atoms with E-state index in [1.807, 2.05) is 18.2 Å². The maximum atomic E-state index is 12.7. The Morgan fingerprint density at radius 2 is 1.68 bits per heavy atom. The summed E-state index contributed by atoms with van der Waals surface area (Å²) < 4.78 is 0. The van der Waals surface area contributed by atoms with E-state index in [1.54, 1.807) is 0 Å². The summed E-state index contributed by atoms with van der Waals surface area (Å²) >= 11 is 0. The number of rotatable bonds is 3. The molecule has 22 heavy (non-hydrogen) atoms. The fourth-order valence-corrected chi connectivity index (χ4v) is 2.69. The zero-order valence-corrected chi connectivity index (χ0v) is 14.3. The molecule has 2 rings (SSSR count). The molecule has 0 spiro atoms. The van der Waals surface area contributed by atoms with Crippen LogP contribution in [0.15, 0.2) is 59.2 Å². The van der Waals surface area contributed by atoms with Crippen molar-refractivity contribution in [2.24, 2.45) is 11.3 Å². The SMILES string of the molecule is CC(C)CC1=CC(=Cc2ccccc2)C=C(C(C)(C)C)C1=O. The molecule has 1 heteroatoms. The highest BCUT2D eigenvalue weighted by Crippen LogP contribution is 2.35. The molecule has 0 N–H and O–H groups in total. The number of ketones is 1. The van der Waals surface area contributed by atoms with Gasteiger partial charge >= 0.3 is 0 Å². The molecule has 0 saturated heterocycles. The van der Waals surface area contributed by atoms with Crippen molar-refractivity contribution in [2.45, 2.75) is 41.0 Å². The van der Waals surface area contributed by atoms with Gasteiger partial charge in [0.25, 0.3) is 0 Å². The molecule has 1 aliphatic carbocycles. The Bertz CT molecular complexity index is 634. The molecule has 116 valence electrons. The molecular formula is C21H26O. The Kier molecular flexibility index (Phi) is 4.85. The number of carbonyl (C=O) groups is 1. The first kappa shape index (κ1) is 16.5. The summed E-state index contributed by atoms with van der Waals surface area (Å²) in [6.07, 6.45) is 7.10. The number of benzene rings is 1.